The topological polar surface area (TPSA) is 95.9 Å². The number of aliphatic hydroxyl groups is 2. The van der Waals surface area contributed by atoms with Gasteiger partial charge >= 0.3 is 5.97 Å². The molecule has 1 amide bonds. The Kier molecular flexibility index (Phi) is 71.9. The van der Waals surface area contributed by atoms with Crippen molar-refractivity contribution in [3.05, 3.63) is 36.5 Å². The highest BCUT2D eigenvalue weighted by atomic mass is 16.5. The summed E-state index contributed by atoms with van der Waals surface area (Å²) >= 11 is 0. The van der Waals surface area contributed by atoms with Crippen LogP contribution in [-0.4, -0.2) is 47.4 Å². The van der Waals surface area contributed by atoms with Crippen molar-refractivity contribution in [2.45, 2.75) is 437 Å². The normalized spacial score (nSPS) is 12.7. The molecule has 0 aromatic heterocycles. The number of allylic oxidation sites excluding steroid dienone is 5. The van der Waals surface area contributed by atoms with Gasteiger partial charge in [0.15, 0.2) is 0 Å². The zero-order valence-electron chi connectivity index (χ0n) is 56.9. The van der Waals surface area contributed by atoms with E-state index in [1.807, 2.05) is 6.08 Å². The van der Waals surface area contributed by atoms with E-state index >= 15 is 0 Å². The van der Waals surface area contributed by atoms with Crippen molar-refractivity contribution >= 4 is 11.9 Å². The molecule has 3 N–H and O–H groups in total. The molecule has 0 heterocycles. The molecular weight excluding hydrogens is 1030 g/mol. The molecule has 0 spiro atoms. The third-order valence-corrected chi connectivity index (χ3v) is 17.9. The van der Waals surface area contributed by atoms with Crippen molar-refractivity contribution in [3.63, 3.8) is 0 Å². The lowest BCUT2D eigenvalue weighted by atomic mass is 10.0. The Morgan fingerprint density at radius 1 is 0.333 bits per heavy atom. The fraction of sp³-hybridized carbons (Fsp3) is 0.897. The first kappa shape index (κ1) is 82.1. The first-order valence-corrected chi connectivity index (χ1v) is 38.3. The van der Waals surface area contributed by atoms with Gasteiger partial charge in [-0.1, -0.05) is 384 Å². The van der Waals surface area contributed by atoms with Gasteiger partial charge < -0.3 is 20.3 Å². The average Bonchev–Trinajstić information content (AvgIpc) is 3.51. The first-order valence-electron chi connectivity index (χ1n) is 38.3. The lowest BCUT2D eigenvalue weighted by Crippen LogP contribution is -2.45. The number of carbonyl (C=O) groups is 2. The summed E-state index contributed by atoms with van der Waals surface area (Å²) in [5, 5.41) is 23.0. The molecule has 0 fully saturated rings. The molecule has 0 rings (SSSR count). The Balaban J connectivity index is 3.27. The van der Waals surface area contributed by atoms with Crippen LogP contribution < -0.4 is 5.32 Å². The molecule has 0 bridgehead atoms. The molecular formula is C78H149NO5. The van der Waals surface area contributed by atoms with E-state index in [1.165, 1.54) is 347 Å². The minimum atomic E-state index is -0.838. The van der Waals surface area contributed by atoms with Gasteiger partial charge in [0.05, 0.1) is 25.4 Å². The Labute approximate surface area is 525 Å². The lowest BCUT2D eigenvalue weighted by molar-refractivity contribution is -0.143. The van der Waals surface area contributed by atoms with E-state index in [0.29, 0.717) is 19.4 Å². The third kappa shape index (κ3) is 69.2. The highest BCUT2D eigenvalue weighted by molar-refractivity contribution is 5.76. The average molecular weight is 1180 g/mol. The second-order valence-corrected chi connectivity index (χ2v) is 26.3. The highest BCUT2D eigenvalue weighted by Crippen LogP contribution is 2.19. The number of hydrogen-bond donors (Lipinski definition) is 3. The number of aliphatic hydroxyl groups excluding tert-OH is 2. The Morgan fingerprint density at radius 2 is 0.595 bits per heavy atom. The quantitative estimate of drug-likeness (QED) is 0.0320. The first-order chi connectivity index (χ1) is 41.5. The molecule has 0 aromatic carbocycles. The van der Waals surface area contributed by atoms with Crippen molar-refractivity contribution in [1.82, 2.24) is 5.32 Å². The summed E-state index contributed by atoms with van der Waals surface area (Å²) in [6.45, 7) is 4.90. The lowest BCUT2D eigenvalue weighted by Gasteiger charge is -2.20. The summed E-state index contributed by atoms with van der Waals surface area (Å²) in [5.74, 6) is -0.0452. The third-order valence-electron chi connectivity index (χ3n) is 17.9. The minimum absolute atomic E-state index is 0.0169. The predicted molar refractivity (Wildman–Crippen MR) is 370 cm³/mol. The summed E-state index contributed by atoms with van der Waals surface area (Å²) in [5.41, 5.74) is 0. The van der Waals surface area contributed by atoms with Gasteiger partial charge in [-0.15, -0.1) is 0 Å². The van der Waals surface area contributed by atoms with Crippen LogP contribution in [0.25, 0.3) is 0 Å². The molecule has 0 saturated heterocycles. The summed E-state index contributed by atoms with van der Waals surface area (Å²) in [6, 6.07) is -0.621. The van der Waals surface area contributed by atoms with E-state index in [0.717, 1.165) is 51.4 Å². The number of ether oxygens (including phenoxy) is 1. The highest BCUT2D eigenvalue weighted by Gasteiger charge is 2.18. The Morgan fingerprint density at radius 3 is 0.917 bits per heavy atom. The van der Waals surface area contributed by atoms with E-state index < -0.39 is 12.1 Å². The molecule has 0 aliphatic carbocycles. The minimum Gasteiger partial charge on any atom is -0.466 e. The monoisotopic (exact) mass is 1180 g/mol. The maximum absolute atomic E-state index is 12.4. The predicted octanol–water partition coefficient (Wildman–Crippen LogP) is 25.0. The number of esters is 1. The van der Waals surface area contributed by atoms with Crippen molar-refractivity contribution in [2.24, 2.45) is 0 Å². The zero-order chi connectivity index (χ0) is 60.6. The van der Waals surface area contributed by atoms with Crippen molar-refractivity contribution in [2.75, 3.05) is 13.2 Å². The van der Waals surface area contributed by atoms with Crippen LogP contribution in [-0.2, 0) is 14.3 Å². The fourth-order valence-electron chi connectivity index (χ4n) is 12.1. The van der Waals surface area contributed by atoms with Crippen molar-refractivity contribution < 1.29 is 24.5 Å². The summed E-state index contributed by atoms with van der Waals surface area (Å²) in [6.07, 6.45) is 95.7. The number of nitrogens with one attached hydrogen (secondary N) is 1. The summed E-state index contributed by atoms with van der Waals surface area (Å²) in [4.78, 5) is 24.5. The number of hydrogen-bond acceptors (Lipinski definition) is 5. The molecule has 0 aliphatic heterocycles. The zero-order valence-corrected chi connectivity index (χ0v) is 56.9. The second-order valence-electron chi connectivity index (χ2n) is 26.3. The Hall–Kier alpha value is -1.92. The van der Waals surface area contributed by atoms with Crippen LogP contribution in [0.3, 0.4) is 0 Å². The van der Waals surface area contributed by atoms with E-state index in [1.54, 1.807) is 6.08 Å². The SMILES string of the molecule is CCCCCC/C=C\C/C=C\CCCCCCCCCC(=O)OCCCCCCCCCCCCCCCCCCCCCCCCCCCCCCCCCCCCCCCCCC(=O)NC(CO)C(O)/C=C/CCCCCCCCCC. The van der Waals surface area contributed by atoms with Gasteiger partial charge in [-0.25, -0.2) is 0 Å². The van der Waals surface area contributed by atoms with Crippen LogP contribution in [0.5, 0.6) is 0 Å². The molecule has 0 radical (unpaired) electrons. The van der Waals surface area contributed by atoms with Gasteiger partial charge in [-0.3, -0.25) is 9.59 Å². The number of unbranched alkanes of at least 4 members (excludes halogenated alkanes) is 57. The molecule has 2 atom stereocenters. The Bertz CT molecular complexity index is 1360. The van der Waals surface area contributed by atoms with Gasteiger partial charge in [-0.05, 0) is 64.2 Å². The standard InChI is InChI=1S/C78H149NO5/c1-3-5-7-9-11-13-15-16-17-18-43-46-49-52-56-60-64-68-72-78(83)84-73-69-65-61-57-53-50-47-44-41-39-37-35-33-31-29-27-25-23-21-19-20-22-24-26-28-30-32-34-36-38-40-42-45-48-51-55-59-63-67-71-77(82)79-75(74-80)76(81)70-66-62-58-54-14-12-10-8-6-4-2/h13,15,17-18,66,70,75-76,80-81H,3-12,14,16,19-65,67-69,71-74H2,1-2H3,(H,79,82)/b15-13-,18-17-,70-66+. The number of carbonyl (C=O) groups excluding carboxylic acids is 2. The van der Waals surface area contributed by atoms with Gasteiger partial charge in [-0.2, -0.15) is 0 Å². The molecule has 0 aliphatic rings. The maximum atomic E-state index is 12.4. The van der Waals surface area contributed by atoms with Crippen molar-refractivity contribution in [3.8, 4) is 0 Å². The van der Waals surface area contributed by atoms with Crippen LogP contribution >= 0.6 is 0 Å². The molecule has 6 nitrogen and oxygen atoms in total. The van der Waals surface area contributed by atoms with E-state index in [4.69, 9.17) is 4.74 Å². The van der Waals surface area contributed by atoms with Crippen LogP contribution in [0.4, 0.5) is 0 Å². The van der Waals surface area contributed by atoms with Crippen LogP contribution in [0, 0.1) is 0 Å². The van der Waals surface area contributed by atoms with Crippen LogP contribution in [0.2, 0.25) is 0 Å². The van der Waals surface area contributed by atoms with E-state index in [2.05, 4.69) is 43.5 Å². The fourth-order valence-corrected chi connectivity index (χ4v) is 12.1. The largest absolute Gasteiger partial charge is 0.466 e. The van der Waals surface area contributed by atoms with Crippen LogP contribution in [0.1, 0.15) is 425 Å². The number of rotatable bonds is 72. The summed E-state index contributed by atoms with van der Waals surface area (Å²) < 4.78 is 5.51. The van der Waals surface area contributed by atoms with Gasteiger partial charge in [0.25, 0.3) is 0 Å². The summed E-state index contributed by atoms with van der Waals surface area (Å²) in [7, 11) is 0. The van der Waals surface area contributed by atoms with Crippen LogP contribution in [0.15, 0.2) is 36.5 Å². The van der Waals surface area contributed by atoms with Crippen molar-refractivity contribution in [1.29, 1.82) is 0 Å². The molecule has 2 unspecified atom stereocenters. The van der Waals surface area contributed by atoms with Gasteiger partial charge in [0.1, 0.15) is 0 Å². The number of amides is 1. The molecule has 84 heavy (non-hydrogen) atoms. The molecule has 496 valence electrons. The molecule has 0 aromatic rings. The van der Waals surface area contributed by atoms with E-state index in [9.17, 15) is 19.8 Å². The smallest absolute Gasteiger partial charge is 0.305 e. The maximum Gasteiger partial charge on any atom is 0.305 e. The second kappa shape index (κ2) is 73.5. The molecule has 6 heteroatoms. The van der Waals surface area contributed by atoms with Gasteiger partial charge in [0, 0.05) is 12.8 Å². The van der Waals surface area contributed by atoms with Gasteiger partial charge in [0.2, 0.25) is 5.91 Å². The molecule has 0 saturated carbocycles. The van der Waals surface area contributed by atoms with E-state index in [-0.39, 0.29) is 18.5 Å².